The van der Waals surface area contributed by atoms with Crippen LogP contribution in [0, 0.1) is 0 Å². The Morgan fingerprint density at radius 3 is 1.52 bits per heavy atom. The average molecular weight is 369 g/mol. The summed E-state index contributed by atoms with van der Waals surface area (Å²) in [6.07, 6.45) is 4.55. The first-order valence-corrected chi connectivity index (χ1v) is 8.24. The first-order valence-electron chi connectivity index (χ1n) is 8.24. The molecule has 2 rings (SSSR count). The van der Waals surface area contributed by atoms with Gasteiger partial charge in [-0.15, -0.1) is 24.8 Å². The third-order valence-electron chi connectivity index (χ3n) is 4.17. The van der Waals surface area contributed by atoms with Crippen molar-refractivity contribution in [2.24, 2.45) is 0 Å². The molecule has 2 aliphatic rings. The summed E-state index contributed by atoms with van der Waals surface area (Å²) in [5, 5.41) is 6.75. The molecule has 2 aliphatic heterocycles. The molecule has 23 heavy (non-hydrogen) atoms. The van der Waals surface area contributed by atoms with Gasteiger partial charge in [0.1, 0.15) is 0 Å². The van der Waals surface area contributed by atoms with E-state index in [-0.39, 0.29) is 24.8 Å². The number of rotatable bonds is 10. The molecule has 136 valence electrons. The van der Waals surface area contributed by atoms with Gasteiger partial charge < -0.3 is 20.4 Å². The number of likely N-dealkylation sites (tertiary alicyclic amines) is 2. The van der Waals surface area contributed by atoms with E-state index in [1.807, 2.05) is 9.80 Å². The summed E-state index contributed by atoms with van der Waals surface area (Å²) in [4.78, 5) is 26.7. The van der Waals surface area contributed by atoms with E-state index >= 15 is 0 Å². The first-order chi connectivity index (χ1) is 10.3. The van der Waals surface area contributed by atoms with Crippen LogP contribution in [0.4, 0.5) is 0 Å². The second-order valence-electron chi connectivity index (χ2n) is 5.82. The van der Waals surface area contributed by atoms with Crippen LogP contribution in [-0.4, -0.2) is 74.0 Å². The Balaban J connectivity index is 0.00000242. The van der Waals surface area contributed by atoms with Gasteiger partial charge in [0, 0.05) is 52.1 Å². The van der Waals surface area contributed by atoms with E-state index in [9.17, 15) is 9.59 Å². The largest absolute Gasteiger partial charge is 0.341 e. The van der Waals surface area contributed by atoms with Crippen LogP contribution in [0.15, 0.2) is 0 Å². The summed E-state index contributed by atoms with van der Waals surface area (Å²) < 4.78 is 0. The Morgan fingerprint density at radius 2 is 1.17 bits per heavy atom. The predicted molar refractivity (Wildman–Crippen MR) is 96.5 cm³/mol. The lowest BCUT2D eigenvalue weighted by atomic mass is 10.4. The van der Waals surface area contributed by atoms with Gasteiger partial charge in [0.2, 0.25) is 11.8 Å². The molecule has 2 amide bonds. The topological polar surface area (TPSA) is 64.7 Å². The Hall–Kier alpha value is -0.560. The minimum Gasteiger partial charge on any atom is -0.341 e. The van der Waals surface area contributed by atoms with Gasteiger partial charge in [-0.1, -0.05) is 0 Å². The number of carbonyl (C=O) groups excluding carboxylic acids is 2. The summed E-state index contributed by atoms with van der Waals surface area (Å²) in [6.45, 7) is 7.23. The van der Waals surface area contributed by atoms with Gasteiger partial charge in [0.05, 0.1) is 0 Å². The van der Waals surface area contributed by atoms with Crippen LogP contribution in [0.5, 0.6) is 0 Å². The van der Waals surface area contributed by atoms with Crippen molar-refractivity contribution in [3.05, 3.63) is 0 Å². The van der Waals surface area contributed by atoms with E-state index in [2.05, 4.69) is 10.6 Å². The quantitative estimate of drug-likeness (QED) is 0.555. The lowest BCUT2D eigenvalue weighted by Crippen LogP contribution is -2.35. The monoisotopic (exact) mass is 368 g/mol. The van der Waals surface area contributed by atoms with E-state index in [1.54, 1.807) is 0 Å². The lowest BCUT2D eigenvalue weighted by Gasteiger charge is -2.16. The Kier molecular flexibility index (Phi) is 12.5. The second kappa shape index (κ2) is 12.8. The molecule has 6 nitrogen and oxygen atoms in total. The third-order valence-corrected chi connectivity index (χ3v) is 4.17. The highest BCUT2D eigenvalue weighted by Crippen LogP contribution is 2.08. The van der Waals surface area contributed by atoms with E-state index < -0.39 is 0 Å². The number of hydrogen-bond acceptors (Lipinski definition) is 4. The summed E-state index contributed by atoms with van der Waals surface area (Å²) in [5.41, 5.74) is 0. The third kappa shape index (κ3) is 8.20. The van der Waals surface area contributed by atoms with Crippen molar-refractivity contribution in [2.75, 3.05) is 52.4 Å². The van der Waals surface area contributed by atoms with Crippen LogP contribution >= 0.6 is 24.8 Å². The van der Waals surface area contributed by atoms with E-state index in [0.717, 1.165) is 84.5 Å². The molecule has 8 heteroatoms. The van der Waals surface area contributed by atoms with Gasteiger partial charge in [-0.2, -0.15) is 0 Å². The van der Waals surface area contributed by atoms with Gasteiger partial charge >= 0.3 is 0 Å². The van der Waals surface area contributed by atoms with Crippen molar-refractivity contribution in [3.63, 3.8) is 0 Å². The molecule has 0 saturated carbocycles. The predicted octanol–water partition coefficient (Wildman–Crippen LogP) is 0.644. The molecule has 0 unspecified atom stereocenters. The molecule has 0 aromatic carbocycles. The molecule has 0 spiro atoms. The number of nitrogens with one attached hydrogen (secondary N) is 2. The zero-order valence-corrected chi connectivity index (χ0v) is 15.4. The van der Waals surface area contributed by atoms with Crippen molar-refractivity contribution < 1.29 is 9.59 Å². The van der Waals surface area contributed by atoms with Crippen LogP contribution in [0.3, 0.4) is 0 Å². The standard InChI is InChI=1S/C15H28N4O2.2ClH/c20-14-4-1-10-18(14)12-8-16-6-3-7-17-9-13-19-11-2-5-15(19)21;;/h16-17H,1-13H2;2*1H. The van der Waals surface area contributed by atoms with Crippen LogP contribution in [0.25, 0.3) is 0 Å². The zero-order valence-electron chi connectivity index (χ0n) is 13.7. The minimum absolute atomic E-state index is 0. The normalized spacial score (nSPS) is 17.4. The summed E-state index contributed by atoms with van der Waals surface area (Å²) in [7, 11) is 0. The number of carbonyl (C=O) groups is 2. The molecule has 0 atom stereocenters. The highest BCUT2D eigenvalue weighted by atomic mass is 35.5. The summed E-state index contributed by atoms with van der Waals surface area (Å²) in [5.74, 6) is 0.602. The SMILES string of the molecule is Cl.Cl.O=C1CCCN1CCNCCCNCCN1CCCC1=O. The van der Waals surface area contributed by atoms with Gasteiger partial charge in [-0.05, 0) is 32.4 Å². The Labute approximate surface area is 151 Å². The van der Waals surface area contributed by atoms with Crippen LogP contribution in [0.1, 0.15) is 32.1 Å². The molecule has 0 aromatic rings. The molecular weight excluding hydrogens is 339 g/mol. The zero-order chi connectivity index (χ0) is 14.9. The molecule has 2 heterocycles. The fourth-order valence-corrected chi connectivity index (χ4v) is 2.90. The average Bonchev–Trinajstić information content (AvgIpc) is 3.06. The number of halogens is 2. The van der Waals surface area contributed by atoms with Crippen molar-refractivity contribution in [1.82, 2.24) is 20.4 Å². The van der Waals surface area contributed by atoms with Crippen LogP contribution in [-0.2, 0) is 9.59 Å². The smallest absolute Gasteiger partial charge is 0.222 e. The van der Waals surface area contributed by atoms with Crippen molar-refractivity contribution in [3.8, 4) is 0 Å². The van der Waals surface area contributed by atoms with Crippen LogP contribution < -0.4 is 10.6 Å². The molecule has 0 radical (unpaired) electrons. The fraction of sp³-hybridized carbons (Fsp3) is 0.867. The molecule has 2 N–H and O–H groups in total. The minimum atomic E-state index is 0. The lowest BCUT2D eigenvalue weighted by molar-refractivity contribution is -0.128. The number of hydrogen-bond donors (Lipinski definition) is 2. The summed E-state index contributed by atoms with van der Waals surface area (Å²) in [6, 6.07) is 0. The maximum Gasteiger partial charge on any atom is 0.222 e. The van der Waals surface area contributed by atoms with E-state index in [1.165, 1.54) is 0 Å². The van der Waals surface area contributed by atoms with Crippen molar-refractivity contribution in [1.29, 1.82) is 0 Å². The van der Waals surface area contributed by atoms with Crippen molar-refractivity contribution >= 4 is 36.6 Å². The van der Waals surface area contributed by atoms with E-state index in [0.29, 0.717) is 11.8 Å². The molecule has 2 fully saturated rings. The maximum atomic E-state index is 11.4. The Bertz CT molecular complexity index is 326. The number of nitrogens with zero attached hydrogens (tertiary/aromatic N) is 2. The molecular formula is C15H30Cl2N4O2. The second-order valence-corrected chi connectivity index (χ2v) is 5.82. The summed E-state index contributed by atoms with van der Waals surface area (Å²) >= 11 is 0. The highest BCUT2D eigenvalue weighted by Gasteiger charge is 2.19. The molecule has 0 aromatic heterocycles. The highest BCUT2D eigenvalue weighted by molar-refractivity contribution is 5.85. The fourth-order valence-electron chi connectivity index (χ4n) is 2.90. The van der Waals surface area contributed by atoms with Gasteiger partial charge in [-0.3, -0.25) is 9.59 Å². The van der Waals surface area contributed by atoms with E-state index in [4.69, 9.17) is 0 Å². The van der Waals surface area contributed by atoms with Gasteiger partial charge in [-0.25, -0.2) is 0 Å². The Morgan fingerprint density at radius 1 is 0.739 bits per heavy atom. The maximum absolute atomic E-state index is 11.4. The number of amides is 2. The molecule has 0 bridgehead atoms. The van der Waals surface area contributed by atoms with Gasteiger partial charge in [0.25, 0.3) is 0 Å². The van der Waals surface area contributed by atoms with Gasteiger partial charge in [0.15, 0.2) is 0 Å². The van der Waals surface area contributed by atoms with Crippen molar-refractivity contribution in [2.45, 2.75) is 32.1 Å². The molecule has 2 saturated heterocycles. The molecule has 0 aliphatic carbocycles. The van der Waals surface area contributed by atoms with Crippen LogP contribution in [0.2, 0.25) is 0 Å². The first kappa shape index (κ1) is 22.4.